The summed E-state index contributed by atoms with van der Waals surface area (Å²) in [6.45, 7) is 3.79. The molecule has 8 atom stereocenters. The highest BCUT2D eigenvalue weighted by Gasteiger charge is 2.40. The number of hydrogen-bond acceptors (Lipinski definition) is 7. The van der Waals surface area contributed by atoms with Crippen molar-refractivity contribution in [2.24, 2.45) is 5.92 Å². The molecule has 7 heteroatoms. The highest BCUT2D eigenvalue weighted by atomic mass is 16.6. The van der Waals surface area contributed by atoms with E-state index >= 15 is 0 Å². The highest BCUT2D eigenvalue weighted by molar-refractivity contribution is 5.83. The van der Waals surface area contributed by atoms with Gasteiger partial charge in [0.15, 0.2) is 0 Å². The molecule has 256 valence electrons. The second kappa shape index (κ2) is 21.7. The lowest BCUT2D eigenvalue weighted by Gasteiger charge is -2.24. The molecule has 0 unspecified atom stereocenters. The monoisotopic (exact) mass is 622 g/mol. The number of cyclic esters (lactones) is 1. The number of unbranched alkanes of at least 4 members (excludes halogenated alkanes) is 14. The van der Waals surface area contributed by atoms with Crippen LogP contribution in [0.1, 0.15) is 174 Å². The molecular weight excluding hydrogens is 556 g/mol. The number of esters is 1. The molecule has 3 rings (SSSR count). The Morgan fingerprint density at radius 1 is 0.705 bits per heavy atom. The molecule has 0 aromatic rings. The molecule has 3 aliphatic heterocycles. The summed E-state index contributed by atoms with van der Waals surface area (Å²) in [5, 5.41) is 21.4. The van der Waals surface area contributed by atoms with E-state index in [-0.39, 0.29) is 54.3 Å². The number of aliphatic hydroxyl groups is 2. The normalized spacial score (nSPS) is 28.4. The maximum atomic E-state index is 11.9. The van der Waals surface area contributed by atoms with E-state index < -0.39 is 6.10 Å². The fraction of sp³-hybridized carbons (Fsp3) is 0.946. The van der Waals surface area contributed by atoms with Gasteiger partial charge in [-0.05, 0) is 64.7 Å². The van der Waals surface area contributed by atoms with Crippen molar-refractivity contribution in [1.82, 2.24) is 0 Å². The third kappa shape index (κ3) is 14.2. The number of aliphatic hydroxyl groups excluding tert-OH is 2. The number of Topliss-reactive ketones (excluding diaryl/α,β-unsaturated/α-hetero) is 1. The van der Waals surface area contributed by atoms with Crippen molar-refractivity contribution in [3.05, 3.63) is 0 Å². The summed E-state index contributed by atoms with van der Waals surface area (Å²) >= 11 is 0. The Kier molecular flexibility index (Phi) is 18.5. The van der Waals surface area contributed by atoms with Crippen molar-refractivity contribution in [2.75, 3.05) is 0 Å². The van der Waals surface area contributed by atoms with Crippen molar-refractivity contribution >= 4 is 11.8 Å². The third-order valence-electron chi connectivity index (χ3n) is 10.3. The van der Waals surface area contributed by atoms with Crippen molar-refractivity contribution < 1.29 is 34.0 Å². The average molecular weight is 623 g/mol. The maximum Gasteiger partial charge on any atom is 0.309 e. The summed E-state index contributed by atoms with van der Waals surface area (Å²) < 4.78 is 18.0. The summed E-state index contributed by atoms with van der Waals surface area (Å²) in [5.41, 5.74) is 0. The van der Waals surface area contributed by atoms with Crippen molar-refractivity contribution in [1.29, 1.82) is 0 Å². The lowest BCUT2D eigenvalue weighted by atomic mass is 9.96. The predicted molar refractivity (Wildman–Crippen MR) is 174 cm³/mol. The largest absolute Gasteiger partial charge is 0.462 e. The number of carbonyl (C=O) groups excluding carboxylic acids is 2. The molecular formula is C37H66O7. The minimum atomic E-state index is -0.399. The van der Waals surface area contributed by atoms with Crippen LogP contribution in [0.4, 0.5) is 0 Å². The summed E-state index contributed by atoms with van der Waals surface area (Å²) in [6.07, 6.45) is 26.0. The van der Waals surface area contributed by atoms with E-state index in [2.05, 4.69) is 6.92 Å². The molecule has 3 fully saturated rings. The van der Waals surface area contributed by atoms with Gasteiger partial charge in [-0.1, -0.05) is 103 Å². The summed E-state index contributed by atoms with van der Waals surface area (Å²) in [4.78, 5) is 23.1. The second-order valence-electron chi connectivity index (χ2n) is 14.3. The van der Waals surface area contributed by atoms with Crippen molar-refractivity contribution in [3.63, 3.8) is 0 Å². The van der Waals surface area contributed by atoms with Crippen LogP contribution >= 0.6 is 0 Å². The van der Waals surface area contributed by atoms with Crippen LogP contribution in [0.5, 0.6) is 0 Å². The van der Waals surface area contributed by atoms with E-state index in [0.717, 1.165) is 77.0 Å². The summed E-state index contributed by atoms with van der Waals surface area (Å²) in [7, 11) is 0. The molecule has 0 amide bonds. The third-order valence-corrected chi connectivity index (χ3v) is 10.3. The standard InChI is InChI=1S/C37H66O7/c1-3-4-5-6-7-11-14-17-20-31(39)33-22-24-35(43-33)36-25-23-34(44-36)32(40)21-18-15-12-9-8-10-13-16-19-30-27-29(26-28(2)38)37(41)42-30/h29-36,39-40H,3-27H2,1-2H3/t29-,30+,31+,32+,33+,34+,35+,36+/m0/s1. The topological polar surface area (TPSA) is 102 Å². The Balaban J connectivity index is 1.13. The van der Waals surface area contributed by atoms with E-state index in [9.17, 15) is 19.8 Å². The minimum Gasteiger partial charge on any atom is -0.462 e. The zero-order valence-corrected chi connectivity index (χ0v) is 28.2. The van der Waals surface area contributed by atoms with Gasteiger partial charge >= 0.3 is 5.97 Å². The lowest BCUT2D eigenvalue weighted by molar-refractivity contribution is -0.145. The number of rotatable bonds is 25. The van der Waals surface area contributed by atoms with Gasteiger partial charge in [0.2, 0.25) is 0 Å². The summed E-state index contributed by atoms with van der Waals surface area (Å²) in [6, 6.07) is 0. The van der Waals surface area contributed by atoms with Crippen LogP contribution in [0.15, 0.2) is 0 Å². The molecule has 0 aromatic carbocycles. The number of ether oxygens (including phenoxy) is 3. The SMILES string of the molecule is CCCCCCCCCC[C@@H](O)[C@H]1CC[C@H]([C@H]2CC[C@H]([C@H](O)CCCCCCCCCC[C@@H]3C[C@H](CC(C)=O)C(=O)O3)O2)O1. The van der Waals surface area contributed by atoms with Gasteiger partial charge in [0.05, 0.1) is 42.5 Å². The van der Waals surface area contributed by atoms with Gasteiger partial charge in [0.1, 0.15) is 11.9 Å². The van der Waals surface area contributed by atoms with Crippen molar-refractivity contribution in [2.45, 2.75) is 217 Å². The Morgan fingerprint density at radius 2 is 1.16 bits per heavy atom. The van der Waals surface area contributed by atoms with Gasteiger partial charge in [-0.2, -0.15) is 0 Å². The molecule has 3 saturated heterocycles. The molecule has 0 spiro atoms. The molecule has 0 saturated carbocycles. The first-order valence-electron chi connectivity index (χ1n) is 18.7. The first-order valence-corrected chi connectivity index (χ1v) is 18.7. The quantitative estimate of drug-likeness (QED) is 0.0782. The van der Waals surface area contributed by atoms with Crippen LogP contribution in [-0.2, 0) is 23.8 Å². The molecule has 0 radical (unpaired) electrons. The van der Waals surface area contributed by atoms with Gasteiger partial charge in [-0.15, -0.1) is 0 Å². The molecule has 2 N–H and O–H groups in total. The Bertz CT molecular complexity index is 788. The molecule has 7 nitrogen and oxygen atoms in total. The highest BCUT2D eigenvalue weighted by Crippen LogP contribution is 2.35. The van der Waals surface area contributed by atoms with E-state index in [4.69, 9.17) is 14.2 Å². The fourth-order valence-corrected chi connectivity index (χ4v) is 7.55. The Hall–Kier alpha value is -1.02. The number of carbonyl (C=O) groups is 2. The predicted octanol–water partition coefficient (Wildman–Crippen LogP) is 8.15. The van der Waals surface area contributed by atoms with E-state index in [0.29, 0.717) is 12.8 Å². The van der Waals surface area contributed by atoms with Crippen LogP contribution < -0.4 is 0 Å². The van der Waals surface area contributed by atoms with Crippen LogP contribution in [-0.4, -0.2) is 64.7 Å². The fourth-order valence-electron chi connectivity index (χ4n) is 7.55. The maximum absolute atomic E-state index is 11.9. The Labute approximate surface area is 268 Å². The molecule has 44 heavy (non-hydrogen) atoms. The van der Waals surface area contributed by atoms with E-state index in [1.54, 1.807) is 0 Å². The van der Waals surface area contributed by atoms with E-state index in [1.165, 1.54) is 77.6 Å². The van der Waals surface area contributed by atoms with Crippen LogP contribution in [0.25, 0.3) is 0 Å². The van der Waals surface area contributed by atoms with Gasteiger partial charge in [0.25, 0.3) is 0 Å². The van der Waals surface area contributed by atoms with Crippen molar-refractivity contribution in [3.8, 4) is 0 Å². The first kappa shape index (κ1) is 37.4. The zero-order valence-electron chi connectivity index (χ0n) is 28.2. The van der Waals surface area contributed by atoms with Gasteiger partial charge in [0, 0.05) is 6.42 Å². The molecule has 0 aromatic heterocycles. The molecule has 0 aliphatic carbocycles. The summed E-state index contributed by atoms with van der Waals surface area (Å²) in [5.74, 6) is -0.348. The van der Waals surface area contributed by atoms with Crippen LogP contribution in [0.2, 0.25) is 0 Å². The molecule has 0 bridgehead atoms. The van der Waals surface area contributed by atoms with Crippen LogP contribution in [0.3, 0.4) is 0 Å². The zero-order chi connectivity index (χ0) is 31.6. The first-order chi connectivity index (χ1) is 21.4. The minimum absolute atomic E-state index is 0.00211. The molecule has 3 heterocycles. The van der Waals surface area contributed by atoms with Gasteiger partial charge in [-0.25, -0.2) is 0 Å². The molecule has 3 aliphatic rings. The smallest absolute Gasteiger partial charge is 0.309 e. The second-order valence-corrected chi connectivity index (χ2v) is 14.3. The Morgan fingerprint density at radius 3 is 1.64 bits per heavy atom. The lowest BCUT2D eigenvalue weighted by Crippen LogP contribution is -2.33. The number of hydrogen-bond donors (Lipinski definition) is 2. The van der Waals surface area contributed by atoms with E-state index in [1.807, 2.05) is 0 Å². The van der Waals surface area contributed by atoms with Gasteiger partial charge in [-0.3, -0.25) is 4.79 Å². The van der Waals surface area contributed by atoms with Gasteiger partial charge < -0.3 is 29.2 Å². The average Bonchev–Trinajstić information content (AvgIpc) is 3.75. The van der Waals surface area contributed by atoms with Crippen LogP contribution in [0, 0.1) is 5.92 Å². The number of ketones is 1.